The Morgan fingerprint density at radius 2 is 2.20 bits per heavy atom. The van der Waals surface area contributed by atoms with Crippen molar-refractivity contribution in [1.29, 1.82) is 0 Å². The number of likely N-dealkylation sites (tertiary alicyclic amines) is 1. The summed E-state index contributed by atoms with van der Waals surface area (Å²) in [4.78, 5) is 11.6. The molecular formula is C10H9BrFNO2. The van der Waals surface area contributed by atoms with Crippen molar-refractivity contribution in [3.63, 3.8) is 0 Å². The van der Waals surface area contributed by atoms with Crippen LogP contribution in [0, 0.1) is 0 Å². The zero-order valence-corrected chi connectivity index (χ0v) is 9.37. The molecule has 0 aliphatic carbocycles. The Balaban J connectivity index is 2.16. The smallest absolute Gasteiger partial charge is 0.407 e. The molecule has 1 aliphatic heterocycles. The van der Waals surface area contributed by atoms with Crippen LogP contribution in [0.3, 0.4) is 0 Å². The number of benzene rings is 1. The number of amides is 1. The largest absolute Gasteiger partial charge is 0.465 e. The van der Waals surface area contributed by atoms with Crippen LogP contribution in [-0.4, -0.2) is 29.2 Å². The van der Waals surface area contributed by atoms with E-state index in [1.54, 1.807) is 24.3 Å². The Hall–Kier alpha value is -1.10. The zero-order chi connectivity index (χ0) is 11.1. The highest BCUT2D eigenvalue weighted by Crippen LogP contribution is 2.36. The fraction of sp³-hybridized carbons (Fsp3) is 0.300. The van der Waals surface area contributed by atoms with Gasteiger partial charge in [-0.3, -0.25) is 0 Å². The molecule has 0 radical (unpaired) electrons. The van der Waals surface area contributed by atoms with E-state index in [1.807, 2.05) is 0 Å². The molecule has 80 valence electrons. The lowest BCUT2D eigenvalue weighted by atomic mass is 9.88. The van der Waals surface area contributed by atoms with E-state index in [1.165, 1.54) is 0 Å². The minimum absolute atomic E-state index is 0.0845. The van der Waals surface area contributed by atoms with E-state index in [0.29, 0.717) is 5.56 Å². The molecule has 2 rings (SSSR count). The molecule has 1 amide bonds. The highest BCUT2D eigenvalue weighted by Gasteiger charge is 2.47. The van der Waals surface area contributed by atoms with Crippen molar-refractivity contribution in [3.05, 3.63) is 34.3 Å². The van der Waals surface area contributed by atoms with Gasteiger partial charge in [-0.2, -0.15) is 0 Å². The van der Waals surface area contributed by atoms with Crippen molar-refractivity contribution in [3.8, 4) is 0 Å². The lowest BCUT2D eigenvalue weighted by molar-refractivity contribution is -0.0238. The number of carboxylic acid groups (broad SMARTS) is 1. The summed E-state index contributed by atoms with van der Waals surface area (Å²) in [5.74, 6) is 0. The van der Waals surface area contributed by atoms with Crippen LogP contribution in [0.4, 0.5) is 9.18 Å². The Labute approximate surface area is 94.6 Å². The van der Waals surface area contributed by atoms with Gasteiger partial charge in [0.25, 0.3) is 0 Å². The minimum Gasteiger partial charge on any atom is -0.465 e. The Morgan fingerprint density at radius 3 is 2.73 bits per heavy atom. The van der Waals surface area contributed by atoms with Crippen LogP contribution < -0.4 is 0 Å². The van der Waals surface area contributed by atoms with Crippen LogP contribution in [0.1, 0.15) is 5.56 Å². The third-order valence-electron chi connectivity index (χ3n) is 2.50. The number of hydrogen-bond donors (Lipinski definition) is 1. The summed E-state index contributed by atoms with van der Waals surface area (Å²) in [6, 6.07) is 6.90. The monoisotopic (exact) mass is 273 g/mol. The van der Waals surface area contributed by atoms with Crippen LogP contribution in [0.15, 0.2) is 28.7 Å². The zero-order valence-electron chi connectivity index (χ0n) is 7.78. The van der Waals surface area contributed by atoms with Crippen LogP contribution in [0.25, 0.3) is 0 Å². The van der Waals surface area contributed by atoms with Gasteiger partial charge in [-0.25, -0.2) is 9.18 Å². The second kappa shape index (κ2) is 3.48. The maximum absolute atomic E-state index is 14.1. The number of halogens is 2. The van der Waals surface area contributed by atoms with Gasteiger partial charge in [0.05, 0.1) is 13.1 Å². The van der Waals surface area contributed by atoms with Gasteiger partial charge >= 0.3 is 6.09 Å². The van der Waals surface area contributed by atoms with Crippen molar-refractivity contribution in [2.75, 3.05) is 13.1 Å². The molecule has 0 spiro atoms. The number of carbonyl (C=O) groups is 1. The van der Waals surface area contributed by atoms with Gasteiger partial charge in [-0.15, -0.1) is 0 Å². The first-order chi connectivity index (χ1) is 7.01. The highest BCUT2D eigenvalue weighted by molar-refractivity contribution is 9.10. The highest BCUT2D eigenvalue weighted by atomic mass is 79.9. The number of rotatable bonds is 1. The molecule has 1 N–H and O–H groups in total. The third kappa shape index (κ3) is 1.84. The molecule has 0 unspecified atom stereocenters. The molecule has 15 heavy (non-hydrogen) atoms. The van der Waals surface area contributed by atoms with Gasteiger partial charge < -0.3 is 10.0 Å². The predicted molar refractivity (Wildman–Crippen MR) is 56.5 cm³/mol. The second-order valence-electron chi connectivity index (χ2n) is 3.61. The standard InChI is InChI=1S/C10H9BrFNO2/c11-8-3-1-2-7(4-8)10(12)5-13(6-10)9(14)15/h1-4H,5-6H2,(H,14,15). The van der Waals surface area contributed by atoms with Crippen molar-refractivity contribution in [1.82, 2.24) is 4.90 Å². The molecule has 1 heterocycles. The fourth-order valence-corrected chi connectivity index (χ4v) is 2.04. The maximum atomic E-state index is 14.1. The Morgan fingerprint density at radius 1 is 1.53 bits per heavy atom. The maximum Gasteiger partial charge on any atom is 0.407 e. The minimum atomic E-state index is -1.53. The Bertz CT molecular complexity index is 404. The SMILES string of the molecule is O=C(O)N1CC(F)(c2cccc(Br)c2)C1. The Kier molecular flexibility index (Phi) is 2.42. The third-order valence-corrected chi connectivity index (χ3v) is 2.99. The molecule has 0 atom stereocenters. The first kappa shape index (κ1) is 10.4. The average molecular weight is 274 g/mol. The van der Waals surface area contributed by atoms with E-state index in [-0.39, 0.29) is 13.1 Å². The van der Waals surface area contributed by atoms with E-state index in [2.05, 4.69) is 15.9 Å². The topological polar surface area (TPSA) is 40.5 Å². The van der Waals surface area contributed by atoms with Crippen molar-refractivity contribution in [2.24, 2.45) is 0 Å². The average Bonchev–Trinajstić information content (AvgIpc) is 2.12. The molecule has 1 fully saturated rings. The van der Waals surface area contributed by atoms with Gasteiger partial charge in [-0.1, -0.05) is 28.1 Å². The summed E-state index contributed by atoms with van der Waals surface area (Å²) in [6.07, 6.45) is -1.07. The molecular weight excluding hydrogens is 265 g/mol. The lowest BCUT2D eigenvalue weighted by Gasteiger charge is -2.42. The summed E-state index contributed by atoms with van der Waals surface area (Å²) in [5.41, 5.74) is -1.00. The summed E-state index contributed by atoms with van der Waals surface area (Å²) < 4.78 is 14.9. The van der Waals surface area contributed by atoms with Gasteiger partial charge in [-0.05, 0) is 17.7 Å². The molecule has 0 bridgehead atoms. The summed E-state index contributed by atoms with van der Waals surface area (Å²) in [7, 11) is 0. The summed E-state index contributed by atoms with van der Waals surface area (Å²) >= 11 is 3.26. The number of hydrogen-bond acceptors (Lipinski definition) is 1. The lowest BCUT2D eigenvalue weighted by Crippen LogP contribution is -2.58. The molecule has 1 aromatic rings. The normalized spacial score (nSPS) is 18.4. The van der Waals surface area contributed by atoms with E-state index in [0.717, 1.165) is 9.37 Å². The van der Waals surface area contributed by atoms with Crippen molar-refractivity contribution >= 4 is 22.0 Å². The van der Waals surface area contributed by atoms with E-state index >= 15 is 0 Å². The second-order valence-corrected chi connectivity index (χ2v) is 4.53. The first-order valence-electron chi connectivity index (χ1n) is 4.44. The van der Waals surface area contributed by atoms with Gasteiger partial charge in [0, 0.05) is 4.47 Å². The molecule has 0 aromatic heterocycles. The van der Waals surface area contributed by atoms with E-state index in [4.69, 9.17) is 5.11 Å². The fourth-order valence-electron chi connectivity index (χ4n) is 1.64. The van der Waals surface area contributed by atoms with Gasteiger partial charge in [0.2, 0.25) is 0 Å². The molecule has 0 saturated carbocycles. The predicted octanol–water partition coefficient (Wildman–Crippen LogP) is 2.61. The van der Waals surface area contributed by atoms with Crippen molar-refractivity contribution in [2.45, 2.75) is 5.67 Å². The van der Waals surface area contributed by atoms with E-state index < -0.39 is 11.8 Å². The quantitative estimate of drug-likeness (QED) is 0.855. The summed E-state index contributed by atoms with van der Waals surface area (Å²) in [6.45, 7) is -0.169. The van der Waals surface area contributed by atoms with Crippen LogP contribution in [0.2, 0.25) is 0 Å². The molecule has 1 aromatic carbocycles. The first-order valence-corrected chi connectivity index (χ1v) is 5.23. The van der Waals surface area contributed by atoms with Gasteiger partial charge in [0.15, 0.2) is 5.67 Å². The molecule has 1 saturated heterocycles. The summed E-state index contributed by atoms with van der Waals surface area (Å²) in [5, 5.41) is 8.62. The van der Waals surface area contributed by atoms with Crippen LogP contribution >= 0.6 is 15.9 Å². The molecule has 3 nitrogen and oxygen atoms in total. The molecule has 5 heteroatoms. The van der Waals surface area contributed by atoms with Crippen molar-refractivity contribution < 1.29 is 14.3 Å². The number of alkyl halides is 1. The van der Waals surface area contributed by atoms with Gasteiger partial charge in [0.1, 0.15) is 0 Å². The van der Waals surface area contributed by atoms with Crippen LogP contribution in [0.5, 0.6) is 0 Å². The molecule has 1 aliphatic rings. The number of nitrogens with zero attached hydrogens (tertiary/aromatic N) is 1. The van der Waals surface area contributed by atoms with Crippen LogP contribution in [-0.2, 0) is 5.67 Å². The van der Waals surface area contributed by atoms with E-state index in [9.17, 15) is 9.18 Å².